The van der Waals surface area contributed by atoms with Crippen molar-refractivity contribution in [2.45, 2.75) is 0 Å². The second-order valence-electron chi connectivity index (χ2n) is 4.68. The molecule has 7 nitrogen and oxygen atoms in total. The van der Waals surface area contributed by atoms with E-state index in [2.05, 4.69) is 9.97 Å². The van der Waals surface area contributed by atoms with Gasteiger partial charge in [-0.2, -0.15) is 0 Å². The number of fused-ring (bicyclic) bond motifs is 1. The fraction of sp³-hybridized carbons (Fsp3) is 0.143. The minimum atomic E-state index is -0.540. The molecule has 0 fully saturated rings. The van der Waals surface area contributed by atoms with Gasteiger partial charge in [0.25, 0.3) is 11.1 Å². The molecule has 3 aromatic rings. The van der Waals surface area contributed by atoms with Crippen LogP contribution in [0.5, 0.6) is 0 Å². The quantitative estimate of drug-likeness (QED) is 0.680. The van der Waals surface area contributed by atoms with Crippen molar-refractivity contribution in [3.8, 4) is 11.3 Å². The van der Waals surface area contributed by atoms with E-state index in [9.17, 15) is 14.4 Å². The minimum absolute atomic E-state index is 0.0538. The Morgan fingerprint density at radius 3 is 2.33 bits per heavy atom. The minimum Gasteiger partial charge on any atom is -0.304 e. The number of aromatic nitrogens is 4. The van der Waals surface area contributed by atoms with Crippen LogP contribution in [-0.2, 0) is 14.1 Å². The van der Waals surface area contributed by atoms with Crippen LogP contribution in [0.1, 0.15) is 0 Å². The van der Waals surface area contributed by atoms with E-state index in [1.807, 2.05) is 6.07 Å². The summed E-state index contributed by atoms with van der Waals surface area (Å²) < 4.78 is 2.16. The Bertz CT molecular complexity index is 1010. The number of aryl methyl sites for hydroxylation is 1. The molecule has 0 radical (unpaired) electrons. The lowest BCUT2D eigenvalue weighted by molar-refractivity contribution is 0.703. The molecule has 1 N–H and O–H groups in total. The molecule has 0 saturated heterocycles. The van der Waals surface area contributed by atoms with Crippen molar-refractivity contribution in [1.82, 2.24) is 19.1 Å². The molecule has 21 heavy (non-hydrogen) atoms. The van der Waals surface area contributed by atoms with Crippen LogP contribution in [0.2, 0.25) is 0 Å². The fourth-order valence-electron chi connectivity index (χ4n) is 2.19. The van der Waals surface area contributed by atoms with Gasteiger partial charge in [-0.05, 0) is 0 Å². The van der Waals surface area contributed by atoms with Gasteiger partial charge in [0.05, 0.1) is 0 Å². The normalized spacial score (nSPS) is 11.0. The third-order valence-corrected chi connectivity index (χ3v) is 3.36. The number of nitrogens with zero attached hydrogens (tertiary/aromatic N) is 3. The molecule has 0 bridgehead atoms. The van der Waals surface area contributed by atoms with E-state index in [0.717, 1.165) is 4.57 Å². The first kappa shape index (κ1) is 13.0. The molecular weight excluding hydrogens is 272 g/mol. The summed E-state index contributed by atoms with van der Waals surface area (Å²) in [7, 11) is 2.85. The van der Waals surface area contributed by atoms with Gasteiger partial charge in [0.15, 0.2) is 5.52 Å². The van der Waals surface area contributed by atoms with Crippen LogP contribution in [0.4, 0.5) is 0 Å². The molecule has 0 aliphatic carbocycles. The first-order chi connectivity index (χ1) is 10.0. The van der Waals surface area contributed by atoms with Crippen molar-refractivity contribution in [2.24, 2.45) is 14.1 Å². The van der Waals surface area contributed by atoms with Crippen molar-refractivity contribution >= 4 is 11.2 Å². The lowest BCUT2D eigenvalue weighted by atomic mass is 10.1. The topological polar surface area (TPSA) is 89.8 Å². The molecule has 0 saturated carbocycles. The van der Waals surface area contributed by atoms with Gasteiger partial charge in [-0.25, -0.2) is 9.78 Å². The van der Waals surface area contributed by atoms with Gasteiger partial charge in [0.2, 0.25) is 0 Å². The molecule has 7 heteroatoms. The van der Waals surface area contributed by atoms with Crippen LogP contribution in [0.15, 0.2) is 44.7 Å². The molecule has 0 spiro atoms. The third-order valence-electron chi connectivity index (χ3n) is 3.36. The van der Waals surface area contributed by atoms with Crippen LogP contribution in [0.25, 0.3) is 22.4 Å². The number of hydrogen-bond acceptors (Lipinski definition) is 4. The van der Waals surface area contributed by atoms with Gasteiger partial charge in [-0.15, -0.1) is 0 Å². The average molecular weight is 284 g/mol. The molecule has 0 amide bonds. The molecule has 0 aliphatic rings. The zero-order valence-corrected chi connectivity index (χ0v) is 11.5. The van der Waals surface area contributed by atoms with E-state index in [-0.39, 0.29) is 16.9 Å². The van der Waals surface area contributed by atoms with Crippen molar-refractivity contribution < 1.29 is 0 Å². The molecular formula is C14H12N4O3. The maximum atomic E-state index is 12.2. The fourth-order valence-corrected chi connectivity index (χ4v) is 2.19. The predicted molar refractivity (Wildman–Crippen MR) is 78.3 cm³/mol. The van der Waals surface area contributed by atoms with Crippen LogP contribution in [0.3, 0.4) is 0 Å². The highest BCUT2D eigenvalue weighted by atomic mass is 16.2. The van der Waals surface area contributed by atoms with Gasteiger partial charge in [-0.1, -0.05) is 30.3 Å². The summed E-state index contributed by atoms with van der Waals surface area (Å²) in [6, 6.07) is 8.84. The van der Waals surface area contributed by atoms with E-state index in [0.29, 0.717) is 5.56 Å². The molecule has 3 rings (SSSR count). The zero-order chi connectivity index (χ0) is 15.1. The Morgan fingerprint density at radius 2 is 1.67 bits per heavy atom. The summed E-state index contributed by atoms with van der Waals surface area (Å²) in [6.45, 7) is 0. The Hall–Kier alpha value is -2.96. The van der Waals surface area contributed by atoms with Gasteiger partial charge in [-0.3, -0.25) is 18.7 Å². The second kappa shape index (κ2) is 4.55. The maximum absolute atomic E-state index is 12.2. The second-order valence-corrected chi connectivity index (χ2v) is 4.68. The van der Waals surface area contributed by atoms with Crippen molar-refractivity contribution in [2.75, 3.05) is 0 Å². The standard InChI is InChI=1S/C14H12N4O3/c1-17-11-10(13(20)18(2)14(17)21)15-9(12(19)16-11)8-6-4-3-5-7-8/h3-7H,1-2H3,(H,16,19). The van der Waals surface area contributed by atoms with Crippen molar-refractivity contribution in [3.63, 3.8) is 0 Å². The highest BCUT2D eigenvalue weighted by Gasteiger charge is 2.14. The largest absolute Gasteiger partial charge is 0.332 e. The van der Waals surface area contributed by atoms with Crippen LogP contribution >= 0.6 is 0 Å². The first-order valence-electron chi connectivity index (χ1n) is 6.26. The number of H-pyrrole nitrogens is 1. The molecule has 1 aromatic carbocycles. The average Bonchev–Trinajstić information content (AvgIpc) is 2.51. The number of benzene rings is 1. The Balaban J connectivity index is 2.48. The van der Waals surface area contributed by atoms with Gasteiger partial charge < -0.3 is 4.98 Å². The predicted octanol–water partition coefficient (Wildman–Crippen LogP) is -0.0125. The third kappa shape index (κ3) is 1.90. The number of hydrogen-bond donors (Lipinski definition) is 1. The highest BCUT2D eigenvalue weighted by Crippen LogP contribution is 2.12. The molecule has 0 atom stereocenters. The summed E-state index contributed by atoms with van der Waals surface area (Å²) in [5.41, 5.74) is -0.572. The molecule has 106 valence electrons. The summed E-state index contributed by atoms with van der Waals surface area (Å²) in [5, 5.41) is 0. The molecule has 2 heterocycles. The Kier molecular flexibility index (Phi) is 2.83. The van der Waals surface area contributed by atoms with Crippen LogP contribution in [-0.4, -0.2) is 19.1 Å². The van der Waals surface area contributed by atoms with E-state index >= 15 is 0 Å². The van der Waals surface area contributed by atoms with E-state index in [1.54, 1.807) is 24.3 Å². The summed E-state index contributed by atoms with van der Waals surface area (Å²) >= 11 is 0. The number of aromatic amines is 1. The van der Waals surface area contributed by atoms with Crippen LogP contribution in [0, 0.1) is 0 Å². The van der Waals surface area contributed by atoms with Gasteiger partial charge in [0.1, 0.15) is 11.3 Å². The highest BCUT2D eigenvalue weighted by molar-refractivity contribution is 5.72. The summed E-state index contributed by atoms with van der Waals surface area (Å²) in [5.74, 6) is 0. The Labute approximate surface area is 118 Å². The maximum Gasteiger partial charge on any atom is 0.332 e. The number of nitrogens with one attached hydrogen (secondary N) is 1. The van der Waals surface area contributed by atoms with Crippen molar-refractivity contribution in [3.05, 3.63) is 61.5 Å². The van der Waals surface area contributed by atoms with E-state index < -0.39 is 16.8 Å². The zero-order valence-electron chi connectivity index (χ0n) is 11.5. The van der Waals surface area contributed by atoms with E-state index in [1.165, 1.54) is 18.7 Å². The van der Waals surface area contributed by atoms with E-state index in [4.69, 9.17) is 0 Å². The van der Waals surface area contributed by atoms with Crippen molar-refractivity contribution in [1.29, 1.82) is 0 Å². The Morgan fingerprint density at radius 1 is 1.00 bits per heavy atom. The molecule has 0 aliphatic heterocycles. The lowest BCUT2D eigenvalue weighted by Gasteiger charge is -2.07. The first-order valence-corrected chi connectivity index (χ1v) is 6.26. The van der Waals surface area contributed by atoms with Gasteiger partial charge in [0, 0.05) is 19.7 Å². The summed E-state index contributed by atoms with van der Waals surface area (Å²) in [6.07, 6.45) is 0. The number of rotatable bonds is 1. The lowest BCUT2D eigenvalue weighted by Crippen LogP contribution is -2.38. The SMILES string of the molecule is Cn1c(=O)c2nc(-c3ccccc3)c(=O)[nH]c2n(C)c1=O. The summed E-state index contributed by atoms with van der Waals surface area (Å²) in [4.78, 5) is 42.9. The molecule has 2 aromatic heterocycles. The van der Waals surface area contributed by atoms with Gasteiger partial charge >= 0.3 is 5.69 Å². The monoisotopic (exact) mass is 284 g/mol. The molecule has 0 unspecified atom stereocenters. The van der Waals surface area contributed by atoms with Crippen LogP contribution < -0.4 is 16.8 Å². The smallest absolute Gasteiger partial charge is 0.304 e.